The second-order valence-corrected chi connectivity index (χ2v) is 4.30. The molecule has 1 unspecified atom stereocenters. The molecule has 1 atom stereocenters. The standard InChI is InChI=1S/C14H17NO5/c1-9(2)14(19)20-8-12(16)7-15-11-5-3-10(4-6-11)13(17)18/h3-6,12,15-16H,1,7-8H2,2H3,(H,17,18). The molecule has 0 aromatic heterocycles. The molecule has 20 heavy (non-hydrogen) atoms. The minimum atomic E-state index is -0.997. The van der Waals surface area contributed by atoms with Crippen LogP contribution in [-0.4, -0.2) is 41.4 Å². The van der Waals surface area contributed by atoms with Gasteiger partial charge in [0.15, 0.2) is 0 Å². The largest absolute Gasteiger partial charge is 0.478 e. The van der Waals surface area contributed by atoms with Gasteiger partial charge in [0.1, 0.15) is 12.7 Å². The number of carbonyl (C=O) groups excluding carboxylic acids is 1. The first kappa shape index (κ1) is 15.7. The number of hydrogen-bond donors (Lipinski definition) is 3. The van der Waals surface area contributed by atoms with Crippen LogP contribution in [0.4, 0.5) is 5.69 Å². The highest BCUT2D eigenvalue weighted by molar-refractivity contribution is 5.88. The molecule has 1 rings (SSSR count). The molecule has 6 heteroatoms. The van der Waals surface area contributed by atoms with E-state index in [0.717, 1.165) is 0 Å². The first-order chi connectivity index (χ1) is 9.40. The molecule has 0 aliphatic carbocycles. The fourth-order valence-electron chi connectivity index (χ4n) is 1.32. The molecule has 6 nitrogen and oxygen atoms in total. The van der Waals surface area contributed by atoms with Crippen LogP contribution in [0.5, 0.6) is 0 Å². The summed E-state index contributed by atoms with van der Waals surface area (Å²) in [6.45, 7) is 5.00. The van der Waals surface area contributed by atoms with Gasteiger partial charge in [-0.05, 0) is 31.2 Å². The zero-order valence-corrected chi connectivity index (χ0v) is 11.1. The Morgan fingerprint density at radius 3 is 2.45 bits per heavy atom. The number of aliphatic hydroxyl groups excluding tert-OH is 1. The van der Waals surface area contributed by atoms with Gasteiger partial charge in [-0.3, -0.25) is 0 Å². The predicted molar refractivity (Wildman–Crippen MR) is 73.7 cm³/mol. The highest BCUT2D eigenvalue weighted by Crippen LogP contribution is 2.09. The number of ether oxygens (including phenoxy) is 1. The maximum absolute atomic E-state index is 11.1. The van der Waals surface area contributed by atoms with Crippen LogP contribution in [-0.2, 0) is 9.53 Å². The molecule has 0 heterocycles. The maximum Gasteiger partial charge on any atom is 0.335 e. The van der Waals surface area contributed by atoms with E-state index in [2.05, 4.69) is 11.9 Å². The number of anilines is 1. The molecule has 0 fully saturated rings. The highest BCUT2D eigenvalue weighted by Gasteiger charge is 2.09. The van der Waals surface area contributed by atoms with Gasteiger partial charge in [-0.1, -0.05) is 6.58 Å². The number of esters is 1. The fourth-order valence-corrected chi connectivity index (χ4v) is 1.32. The Morgan fingerprint density at radius 1 is 1.35 bits per heavy atom. The van der Waals surface area contributed by atoms with E-state index in [0.29, 0.717) is 5.69 Å². The minimum Gasteiger partial charge on any atom is -0.478 e. The number of hydrogen-bond acceptors (Lipinski definition) is 5. The topological polar surface area (TPSA) is 95.9 Å². The first-order valence-corrected chi connectivity index (χ1v) is 5.98. The van der Waals surface area contributed by atoms with Crippen molar-refractivity contribution in [3.63, 3.8) is 0 Å². The smallest absolute Gasteiger partial charge is 0.335 e. The molecule has 0 aliphatic rings. The summed E-state index contributed by atoms with van der Waals surface area (Å²) in [5.74, 6) is -1.54. The number of carbonyl (C=O) groups is 2. The van der Waals surface area contributed by atoms with E-state index in [9.17, 15) is 14.7 Å². The van der Waals surface area contributed by atoms with Gasteiger partial charge in [0.25, 0.3) is 0 Å². The molecule has 108 valence electrons. The van der Waals surface area contributed by atoms with Gasteiger partial charge in [-0.15, -0.1) is 0 Å². The Labute approximate surface area is 116 Å². The normalized spacial score (nSPS) is 11.5. The average molecular weight is 279 g/mol. The van der Waals surface area contributed by atoms with E-state index in [4.69, 9.17) is 9.84 Å². The predicted octanol–water partition coefficient (Wildman–Crippen LogP) is 1.28. The molecule has 1 aromatic rings. The van der Waals surface area contributed by atoms with Gasteiger partial charge in [0, 0.05) is 17.8 Å². The molecular weight excluding hydrogens is 262 g/mol. The van der Waals surface area contributed by atoms with Crippen LogP contribution in [0.25, 0.3) is 0 Å². The van der Waals surface area contributed by atoms with Crippen LogP contribution in [0.2, 0.25) is 0 Å². The summed E-state index contributed by atoms with van der Waals surface area (Å²) in [4.78, 5) is 21.8. The third-order valence-electron chi connectivity index (χ3n) is 2.43. The van der Waals surface area contributed by atoms with Crippen LogP contribution in [0.3, 0.4) is 0 Å². The number of carboxylic acid groups (broad SMARTS) is 1. The highest BCUT2D eigenvalue weighted by atomic mass is 16.5. The zero-order chi connectivity index (χ0) is 15.1. The van der Waals surface area contributed by atoms with Gasteiger partial charge < -0.3 is 20.3 Å². The van der Waals surface area contributed by atoms with Gasteiger partial charge in [-0.25, -0.2) is 9.59 Å². The summed E-state index contributed by atoms with van der Waals surface area (Å²) in [5, 5.41) is 21.3. The van der Waals surface area contributed by atoms with Crippen molar-refractivity contribution in [2.45, 2.75) is 13.0 Å². The van der Waals surface area contributed by atoms with Crippen LogP contribution in [0.15, 0.2) is 36.4 Å². The van der Waals surface area contributed by atoms with Gasteiger partial charge >= 0.3 is 11.9 Å². The lowest BCUT2D eigenvalue weighted by molar-refractivity contribution is -0.141. The number of nitrogens with one attached hydrogen (secondary N) is 1. The summed E-state index contributed by atoms with van der Waals surface area (Å²) in [7, 11) is 0. The minimum absolute atomic E-state index is 0.133. The molecule has 0 saturated heterocycles. The number of aromatic carboxylic acids is 1. The number of carboxylic acids is 1. The second-order valence-electron chi connectivity index (χ2n) is 4.30. The molecule has 3 N–H and O–H groups in total. The average Bonchev–Trinajstić information content (AvgIpc) is 2.42. The molecule has 0 amide bonds. The van der Waals surface area contributed by atoms with Crippen molar-refractivity contribution >= 4 is 17.6 Å². The number of aliphatic hydroxyl groups is 1. The van der Waals surface area contributed by atoms with Gasteiger partial charge in [0.05, 0.1) is 5.56 Å². The van der Waals surface area contributed by atoms with Crippen molar-refractivity contribution in [2.24, 2.45) is 0 Å². The number of rotatable bonds is 7. The van der Waals surface area contributed by atoms with Crippen LogP contribution in [0, 0.1) is 0 Å². The molecule has 0 radical (unpaired) electrons. The van der Waals surface area contributed by atoms with E-state index in [-0.39, 0.29) is 24.3 Å². The maximum atomic E-state index is 11.1. The third kappa shape index (κ3) is 5.11. The summed E-state index contributed by atoms with van der Waals surface area (Å²) in [6, 6.07) is 6.10. The van der Waals surface area contributed by atoms with E-state index in [1.807, 2.05) is 0 Å². The molecule has 0 aliphatic heterocycles. The fraction of sp³-hybridized carbons (Fsp3) is 0.286. The number of benzene rings is 1. The second kappa shape index (κ2) is 7.30. The van der Waals surface area contributed by atoms with Crippen molar-refractivity contribution in [1.29, 1.82) is 0 Å². The summed E-state index contributed by atoms with van der Waals surface area (Å²) in [5.41, 5.74) is 1.13. The molecule has 0 saturated carbocycles. The quantitative estimate of drug-likeness (QED) is 0.514. The van der Waals surface area contributed by atoms with Crippen LogP contribution >= 0.6 is 0 Å². The SMILES string of the molecule is C=C(C)C(=O)OCC(O)CNc1ccc(C(=O)O)cc1. The van der Waals surface area contributed by atoms with Crippen LogP contribution < -0.4 is 5.32 Å². The van der Waals surface area contributed by atoms with Crippen molar-refractivity contribution < 1.29 is 24.5 Å². The Kier molecular flexibility index (Phi) is 5.74. The Morgan fingerprint density at radius 2 is 1.95 bits per heavy atom. The summed E-state index contributed by atoms with van der Waals surface area (Å²) < 4.78 is 4.80. The van der Waals surface area contributed by atoms with E-state index < -0.39 is 18.0 Å². The summed E-state index contributed by atoms with van der Waals surface area (Å²) in [6.07, 6.45) is -0.863. The molecule has 0 spiro atoms. The zero-order valence-electron chi connectivity index (χ0n) is 11.1. The Balaban J connectivity index is 2.37. The van der Waals surface area contributed by atoms with Crippen LogP contribution in [0.1, 0.15) is 17.3 Å². The van der Waals surface area contributed by atoms with Crippen molar-refractivity contribution in [1.82, 2.24) is 0 Å². The van der Waals surface area contributed by atoms with E-state index in [1.165, 1.54) is 19.1 Å². The molecular formula is C14H17NO5. The lowest BCUT2D eigenvalue weighted by Crippen LogP contribution is -2.26. The van der Waals surface area contributed by atoms with Gasteiger partial charge in [-0.2, -0.15) is 0 Å². The summed E-state index contributed by atoms with van der Waals surface area (Å²) >= 11 is 0. The third-order valence-corrected chi connectivity index (χ3v) is 2.43. The molecule has 0 bridgehead atoms. The van der Waals surface area contributed by atoms with E-state index >= 15 is 0 Å². The first-order valence-electron chi connectivity index (χ1n) is 5.98. The lowest BCUT2D eigenvalue weighted by Gasteiger charge is -2.13. The Hall–Kier alpha value is -2.34. The molecule has 1 aromatic carbocycles. The monoisotopic (exact) mass is 279 g/mol. The van der Waals surface area contributed by atoms with Crippen molar-refractivity contribution in [3.05, 3.63) is 42.0 Å². The van der Waals surface area contributed by atoms with Crippen molar-refractivity contribution in [2.75, 3.05) is 18.5 Å². The van der Waals surface area contributed by atoms with Crippen molar-refractivity contribution in [3.8, 4) is 0 Å². The van der Waals surface area contributed by atoms with Gasteiger partial charge in [0.2, 0.25) is 0 Å². The Bertz CT molecular complexity index is 495. The van der Waals surface area contributed by atoms with E-state index in [1.54, 1.807) is 12.1 Å². The lowest BCUT2D eigenvalue weighted by atomic mass is 10.2.